The molecule has 0 aliphatic carbocycles. The van der Waals surface area contributed by atoms with Crippen molar-refractivity contribution < 1.29 is 0 Å². The van der Waals surface area contributed by atoms with Crippen LogP contribution in [0.5, 0.6) is 0 Å². The second kappa shape index (κ2) is 7.15. The van der Waals surface area contributed by atoms with Gasteiger partial charge in [-0.1, -0.05) is 0 Å². The van der Waals surface area contributed by atoms with Crippen molar-refractivity contribution in [1.82, 2.24) is 24.6 Å². The van der Waals surface area contributed by atoms with Gasteiger partial charge in [0.05, 0.1) is 5.69 Å². The Morgan fingerprint density at radius 2 is 1.65 bits per heavy atom. The third kappa shape index (κ3) is 4.02. The maximum atomic E-state index is 4.61. The molecule has 0 bridgehead atoms. The van der Waals surface area contributed by atoms with E-state index in [1.54, 1.807) is 12.4 Å². The zero-order valence-corrected chi connectivity index (χ0v) is 13.6. The van der Waals surface area contributed by atoms with Crippen LogP contribution in [0.3, 0.4) is 0 Å². The maximum Gasteiger partial charge on any atom is 0.0969 e. The van der Waals surface area contributed by atoms with Crippen LogP contribution in [0.2, 0.25) is 0 Å². The Balaban J connectivity index is 1.68. The first-order valence-electron chi connectivity index (χ1n) is 7.73. The van der Waals surface area contributed by atoms with Gasteiger partial charge >= 0.3 is 0 Å². The predicted octanol–water partition coefficient (Wildman–Crippen LogP) is 2.55. The number of likely N-dealkylation sites (N-methyl/N-ethyl adjacent to an activating group) is 1. The minimum absolute atomic E-state index is 0.872. The maximum absolute atomic E-state index is 4.61. The molecule has 0 fully saturated rings. The van der Waals surface area contributed by atoms with E-state index in [0.717, 1.165) is 30.8 Å². The molecule has 0 spiro atoms. The molecule has 0 unspecified atom stereocenters. The summed E-state index contributed by atoms with van der Waals surface area (Å²) in [4.78, 5) is 10.5. The van der Waals surface area contributed by atoms with E-state index >= 15 is 0 Å². The van der Waals surface area contributed by atoms with Gasteiger partial charge in [0.15, 0.2) is 0 Å². The van der Waals surface area contributed by atoms with E-state index in [-0.39, 0.29) is 0 Å². The Morgan fingerprint density at radius 1 is 1.00 bits per heavy atom. The van der Waals surface area contributed by atoms with Gasteiger partial charge in [-0.25, -0.2) is 0 Å². The molecule has 0 radical (unpaired) electrons. The Bertz CT molecular complexity index is 737. The second-order valence-electron chi connectivity index (χ2n) is 5.76. The highest BCUT2D eigenvalue weighted by Crippen LogP contribution is 2.22. The Kier molecular flexibility index (Phi) is 4.78. The van der Waals surface area contributed by atoms with Gasteiger partial charge in [-0.15, -0.1) is 0 Å². The molecule has 0 amide bonds. The summed E-state index contributed by atoms with van der Waals surface area (Å²) in [5, 5.41) is 4.61. The van der Waals surface area contributed by atoms with E-state index in [1.807, 2.05) is 36.3 Å². The molecule has 3 rings (SSSR count). The lowest BCUT2D eigenvalue weighted by Gasteiger charge is -2.16. The van der Waals surface area contributed by atoms with E-state index in [2.05, 4.69) is 45.3 Å². The summed E-state index contributed by atoms with van der Waals surface area (Å²) in [6, 6.07) is 8.15. The number of nitrogens with zero attached hydrogens (tertiary/aromatic N) is 5. The molecule has 0 N–H and O–H groups in total. The lowest BCUT2D eigenvalue weighted by atomic mass is 10.1. The van der Waals surface area contributed by atoms with Crippen molar-refractivity contribution in [2.24, 2.45) is 7.05 Å². The van der Waals surface area contributed by atoms with Crippen molar-refractivity contribution in [3.05, 3.63) is 66.4 Å². The molecular weight excluding hydrogens is 286 g/mol. The zero-order chi connectivity index (χ0) is 16.1. The molecule has 118 valence electrons. The van der Waals surface area contributed by atoms with Gasteiger partial charge in [0.25, 0.3) is 0 Å². The summed E-state index contributed by atoms with van der Waals surface area (Å²) in [7, 11) is 4.11. The van der Waals surface area contributed by atoms with Crippen LogP contribution in [0.15, 0.2) is 55.2 Å². The molecule has 0 aromatic carbocycles. The van der Waals surface area contributed by atoms with Crippen molar-refractivity contribution in [3.8, 4) is 11.3 Å². The quantitative estimate of drug-likeness (QED) is 0.702. The summed E-state index contributed by atoms with van der Waals surface area (Å²) >= 11 is 0. The second-order valence-corrected chi connectivity index (χ2v) is 5.76. The highest BCUT2D eigenvalue weighted by atomic mass is 15.3. The SMILES string of the molecule is CN(CCc1ccncc1)Cc1cn(C)nc1-c1ccncc1. The fourth-order valence-electron chi connectivity index (χ4n) is 2.65. The first kappa shape index (κ1) is 15.4. The number of aryl methyl sites for hydroxylation is 1. The topological polar surface area (TPSA) is 46.8 Å². The highest BCUT2D eigenvalue weighted by molar-refractivity contribution is 5.61. The molecule has 3 aromatic rings. The lowest BCUT2D eigenvalue weighted by Crippen LogP contribution is -2.20. The molecule has 0 aliphatic rings. The fraction of sp³-hybridized carbons (Fsp3) is 0.278. The molecule has 0 saturated heterocycles. The Labute approximate surface area is 136 Å². The molecule has 5 nitrogen and oxygen atoms in total. The van der Waals surface area contributed by atoms with E-state index in [4.69, 9.17) is 0 Å². The van der Waals surface area contributed by atoms with Gasteiger partial charge in [-0.3, -0.25) is 14.6 Å². The number of hydrogen-bond donors (Lipinski definition) is 0. The van der Waals surface area contributed by atoms with Crippen molar-refractivity contribution in [3.63, 3.8) is 0 Å². The van der Waals surface area contributed by atoms with Crippen molar-refractivity contribution in [1.29, 1.82) is 0 Å². The highest BCUT2D eigenvalue weighted by Gasteiger charge is 2.12. The molecule has 0 aliphatic heterocycles. The summed E-state index contributed by atoms with van der Waals surface area (Å²) in [6.45, 7) is 1.87. The summed E-state index contributed by atoms with van der Waals surface area (Å²) in [6.07, 6.45) is 10.4. The largest absolute Gasteiger partial charge is 0.302 e. The molecule has 0 atom stereocenters. The first-order valence-corrected chi connectivity index (χ1v) is 7.73. The van der Waals surface area contributed by atoms with Crippen LogP contribution < -0.4 is 0 Å². The van der Waals surface area contributed by atoms with Crippen molar-refractivity contribution in [2.75, 3.05) is 13.6 Å². The first-order chi connectivity index (χ1) is 11.2. The van der Waals surface area contributed by atoms with Crippen LogP contribution in [-0.4, -0.2) is 38.2 Å². The molecule has 23 heavy (non-hydrogen) atoms. The minimum Gasteiger partial charge on any atom is -0.302 e. The Hall–Kier alpha value is -2.53. The van der Waals surface area contributed by atoms with Crippen molar-refractivity contribution >= 4 is 0 Å². The van der Waals surface area contributed by atoms with Crippen LogP contribution in [0.4, 0.5) is 0 Å². The third-order valence-corrected chi connectivity index (χ3v) is 3.83. The molecular formula is C18H21N5. The minimum atomic E-state index is 0.872. The van der Waals surface area contributed by atoms with Gasteiger partial charge in [-0.05, 0) is 43.3 Å². The predicted molar refractivity (Wildman–Crippen MR) is 90.7 cm³/mol. The van der Waals surface area contributed by atoms with E-state index in [0.29, 0.717) is 0 Å². The van der Waals surface area contributed by atoms with Crippen LogP contribution >= 0.6 is 0 Å². The standard InChI is InChI=1S/C18H21N5/c1-22(12-7-15-3-8-19-9-4-15)13-17-14-23(2)21-18(17)16-5-10-20-11-6-16/h3-6,8-11,14H,7,12-13H2,1-2H3. The molecule has 3 aromatic heterocycles. The van der Waals surface area contributed by atoms with Crippen LogP contribution in [0, 0.1) is 0 Å². The smallest absolute Gasteiger partial charge is 0.0969 e. The molecule has 5 heteroatoms. The van der Waals surface area contributed by atoms with Gasteiger partial charge in [-0.2, -0.15) is 5.10 Å². The monoisotopic (exact) mass is 307 g/mol. The van der Waals surface area contributed by atoms with Gasteiger partial charge in [0, 0.05) is 62.2 Å². The number of hydrogen-bond acceptors (Lipinski definition) is 4. The van der Waals surface area contributed by atoms with E-state index in [1.165, 1.54) is 11.1 Å². The molecule has 0 saturated carbocycles. The zero-order valence-electron chi connectivity index (χ0n) is 13.6. The summed E-state index contributed by atoms with van der Waals surface area (Å²) in [5.74, 6) is 0. The van der Waals surface area contributed by atoms with Crippen molar-refractivity contribution in [2.45, 2.75) is 13.0 Å². The normalized spacial score (nSPS) is 11.1. The Morgan fingerprint density at radius 3 is 2.35 bits per heavy atom. The van der Waals surface area contributed by atoms with Crippen LogP contribution in [0.25, 0.3) is 11.3 Å². The van der Waals surface area contributed by atoms with Crippen LogP contribution in [0.1, 0.15) is 11.1 Å². The fourth-order valence-corrected chi connectivity index (χ4v) is 2.65. The summed E-state index contributed by atoms with van der Waals surface area (Å²) < 4.78 is 1.88. The number of pyridine rings is 2. The third-order valence-electron chi connectivity index (χ3n) is 3.83. The molecule has 3 heterocycles. The average Bonchev–Trinajstić information content (AvgIpc) is 2.95. The lowest BCUT2D eigenvalue weighted by molar-refractivity contribution is 0.331. The van der Waals surface area contributed by atoms with Gasteiger partial charge in [0.2, 0.25) is 0 Å². The average molecular weight is 307 g/mol. The number of aromatic nitrogens is 4. The van der Waals surface area contributed by atoms with E-state index < -0.39 is 0 Å². The van der Waals surface area contributed by atoms with Gasteiger partial charge in [0.1, 0.15) is 0 Å². The van der Waals surface area contributed by atoms with Crippen LogP contribution in [-0.2, 0) is 20.0 Å². The summed E-state index contributed by atoms with van der Waals surface area (Å²) in [5.41, 5.74) is 4.69. The number of rotatable bonds is 6. The van der Waals surface area contributed by atoms with Gasteiger partial charge < -0.3 is 4.90 Å². The van der Waals surface area contributed by atoms with E-state index in [9.17, 15) is 0 Å².